The third-order valence-corrected chi connectivity index (χ3v) is 3.75. The Kier molecular flexibility index (Phi) is 3.86. The van der Waals surface area contributed by atoms with Crippen molar-refractivity contribution in [3.63, 3.8) is 0 Å². The molecule has 21 heavy (non-hydrogen) atoms. The Balaban J connectivity index is 2.19. The van der Waals surface area contributed by atoms with E-state index in [1.54, 1.807) is 7.11 Å². The Morgan fingerprint density at radius 2 is 1.52 bits per heavy atom. The first-order chi connectivity index (χ1) is 10.3. The SMILES string of the molecule is COc1ccccc1C(NN)c1cccc2ccccc12. The summed E-state index contributed by atoms with van der Waals surface area (Å²) < 4.78 is 5.47. The summed E-state index contributed by atoms with van der Waals surface area (Å²) in [5.41, 5.74) is 5.09. The number of benzene rings is 3. The largest absolute Gasteiger partial charge is 0.496 e. The van der Waals surface area contributed by atoms with Crippen LogP contribution in [0.15, 0.2) is 66.7 Å². The van der Waals surface area contributed by atoms with Crippen molar-refractivity contribution < 1.29 is 4.74 Å². The minimum absolute atomic E-state index is 0.118. The van der Waals surface area contributed by atoms with E-state index in [1.807, 2.05) is 36.4 Å². The van der Waals surface area contributed by atoms with Gasteiger partial charge in [-0.15, -0.1) is 0 Å². The van der Waals surface area contributed by atoms with Crippen LogP contribution in [0, 0.1) is 0 Å². The van der Waals surface area contributed by atoms with Crippen molar-refractivity contribution in [1.29, 1.82) is 0 Å². The summed E-state index contributed by atoms with van der Waals surface area (Å²) in [5, 5.41) is 2.39. The zero-order chi connectivity index (χ0) is 14.7. The highest BCUT2D eigenvalue weighted by Crippen LogP contribution is 2.33. The van der Waals surface area contributed by atoms with E-state index in [9.17, 15) is 0 Å². The average Bonchev–Trinajstić information content (AvgIpc) is 2.56. The van der Waals surface area contributed by atoms with E-state index in [0.29, 0.717) is 0 Å². The molecule has 0 fully saturated rings. The van der Waals surface area contributed by atoms with Gasteiger partial charge in [-0.1, -0.05) is 60.7 Å². The summed E-state index contributed by atoms with van der Waals surface area (Å²) in [7, 11) is 1.68. The molecule has 3 aromatic rings. The van der Waals surface area contributed by atoms with Crippen LogP contribution in [0.5, 0.6) is 5.75 Å². The van der Waals surface area contributed by atoms with Crippen molar-refractivity contribution >= 4 is 10.8 Å². The van der Waals surface area contributed by atoms with Gasteiger partial charge in [0.2, 0.25) is 0 Å². The maximum absolute atomic E-state index is 5.85. The molecule has 0 aromatic heterocycles. The summed E-state index contributed by atoms with van der Waals surface area (Å²) in [6, 6.07) is 22.4. The van der Waals surface area contributed by atoms with Gasteiger partial charge in [-0.05, 0) is 22.4 Å². The van der Waals surface area contributed by atoms with Gasteiger partial charge in [0.15, 0.2) is 0 Å². The molecular formula is C18H18N2O. The van der Waals surface area contributed by atoms with E-state index in [1.165, 1.54) is 10.8 Å². The highest BCUT2D eigenvalue weighted by atomic mass is 16.5. The van der Waals surface area contributed by atoms with Gasteiger partial charge in [-0.2, -0.15) is 0 Å². The van der Waals surface area contributed by atoms with E-state index < -0.39 is 0 Å². The Bertz CT molecular complexity index is 750. The Morgan fingerprint density at radius 3 is 2.33 bits per heavy atom. The predicted molar refractivity (Wildman–Crippen MR) is 86.1 cm³/mol. The molecule has 3 rings (SSSR count). The number of nitrogens with one attached hydrogen (secondary N) is 1. The van der Waals surface area contributed by atoms with Crippen LogP contribution < -0.4 is 16.0 Å². The van der Waals surface area contributed by atoms with Crippen LogP contribution in [0.1, 0.15) is 17.2 Å². The second-order valence-corrected chi connectivity index (χ2v) is 4.91. The standard InChI is InChI=1S/C18H18N2O/c1-21-17-12-5-4-10-16(17)18(20-19)15-11-6-8-13-7-2-3-9-14(13)15/h2-12,18,20H,19H2,1H3. The molecule has 3 N–H and O–H groups in total. The molecule has 0 saturated carbocycles. The number of fused-ring (bicyclic) bond motifs is 1. The second-order valence-electron chi connectivity index (χ2n) is 4.91. The molecule has 0 bridgehead atoms. The molecule has 3 nitrogen and oxygen atoms in total. The number of hydrogen-bond acceptors (Lipinski definition) is 3. The number of nitrogens with two attached hydrogens (primary N) is 1. The highest BCUT2D eigenvalue weighted by molar-refractivity contribution is 5.86. The molecule has 0 saturated heterocycles. The van der Waals surface area contributed by atoms with Gasteiger partial charge < -0.3 is 4.74 Å². The molecule has 0 spiro atoms. The smallest absolute Gasteiger partial charge is 0.124 e. The molecule has 1 unspecified atom stereocenters. The molecule has 0 aliphatic rings. The summed E-state index contributed by atoms with van der Waals surface area (Å²) in [4.78, 5) is 0. The normalized spacial score (nSPS) is 12.3. The molecule has 0 aliphatic heterocycles. The lowest BCUT2D eigenvalue weighted by Crippen LogP contribution is -2.29. The minimum Gasteiger partial charge on any atom is -0.496 e. The number of hydrazine groups is 1. The molecule has 0 heterocycles. The third-order valence-electron chi connectivity index (χ3n) is 3.75. The summed E-state index contributed by atoms with van der Waals surface area (Å²) in [5.74, 6) is 6.67. The first-order valence-electron chi connectivity index (χ1n) is 6.92. The van der Waals surface area contributed by atoms with Crippen LogP contribution in [0.3, 0.4) is 0 Å². The van der Waals surface area contributed by atoms with Crippen LogP contribution in [0.4, 0.5) is 0 Å². The lowest BCUT2D eigenvalue weighted by atomic mass is 9.93. The van der Waals surface area contributed by atoms with Crippen molar-refractivity contribution in [3.05, 3.63) is 77.9 Å². The highest BCUT2D eigenvalue weighted by Gasteiger charge is 2.18. The van der Waals surface area contributed by atoms with Gasteiger partial charge >= 0.3 is 0 Å². The van der Waals surface area contributed by atoms with Crippen LogP contribution in [-0.4, -0.2) is 7.11 Å². The monoisotopic (exact) mass is 278 g/mol. The fourth-order valence-electron chi connectivity index (χ4n) is 2.75. The molecule has 3 aromatic carbocycles. The van der Waals surface area contributed by atoms with Crippen molar-refractivity contribution in [2.75, 3.05) is 7.11 Å². The molecular weight excluding hydrogens is 260 g/mol. The van der Waals surface area contributed by atoms with Crippen molar-refractivity contribution in [1.82, 2.24) is 5.43 Å². The van der Waals surface area contributed by atoms with Gasteiger partial charge in [0.1, 0.15) is 5.75 Å². The topological polar surface area (TPSA) is 47.3 Å². The molecule has 0 amide bonds. The number of methoxy groups -OCH3 is 1. The Morgan fingerprint density at radius 1 is 0.857 bits per heavy atom. The quantitative estimate of drug-likeness (QED) is 0.568. The first kappa shape index (κ1) is 13.6. The van der Waals surface area contributed by atoms with Crippen molar-refractivity contribution in [3.8, 4) is 5.75 Å². The van der Waals surface area contributed by atoms with E-state index in [4.69, 9.17) is 10.6 Å². The third kappa shape index (κ3) is 2.49. The fraction of sp³-hybridized carbons (Fsp3) is 0.111. The first-order valence-corrected chi connectivity index (χ1v) is 6.92. The predicted octanol–water partition coefficient (Wildman–Crippen LogP) is 3.40. The maximum Gasteiger partial charge on any atom is 0.124 e. The Hall–Kier alpha value is -2.36. The van der Waals surface area contributed by atoms with E-state index in [0.717, 1.165) is 16.9 Å². The van der Waals surface area contributed by atoms with Crippen LogP contribution in [0.25, 0.3) is 10.8 Å². The van der Waals surface area contributed by atoms with Gasteiger partial charge in [0, 0.05) is 5.56 Å². The van der Waals surface area contributed by atoms with Gasteiger partial charge in [-0.25, -0.2) is 5.43 Å². The molecule has 0 radical (unpaired) electrons. The number of ether oxygens (including phenoxy) is 1. The second kappa shape index (κ2) is 5.95. The van der Waals surface area contributed by atoms with E-state index >= 15 is 0 Å². The van der Waals surface area contributed by atoms with Crippen molar-refractivity contribution in [2.45, 2.75) is 6.04 Å². The minimum atomic E-state index is -0.118. The average molecular weight is 278 g/mol. The number of rotatable bonds is 4. The Labute approximate surface area is 124 Å². The van der Waals surface area contributed by atoms with Gasteiger partial charge in [-0.3, -0.25) is 5.84 Å². The van der Waals surface area contributed by atoms with Gasteiger partial charge in [0.05, 0.1) is 13.2 Å². The van der Waals surface area contributed by atoms with Crippen molar-refractivity contribution in [2.24, 2.45) is 5.84 Å². The van der Waals surface area contributed by atoms with E-state index in [2.05, 4.69) is 35.8 Å². The van der Waals surface area contributed by atoms with E-state index in [-0.39, 0.29) is 6.04 Å². The molecule has 106 valence electrons. The zero-order valence-corrected chi connectivity index (χ0v) is 11.9. The summed E-state index contributed by atoms with van der Waals surface area (Å²) in [6.45, 7) is 0. The fourth-order valence-corrected chi connectivity index (χ4v) is 2.75. The maximum atomic E-state index is 5.85. The zero-order valence-electron chi connectivity index (χ0n) is 11.9. The van der Waals surface area contributed by atoms with Gasteiger partial charge in [0.25, 0.3) is 0 Å². The molecule has 1 atom stereocenters. The number of para-hydroxylation sites is 1. The van der Waals surface area contributed by atoms with Crippen LogP contribution >= 0.6 is 0 Å². The lowest BCUT2D eigenvalue weighted by molar-refractivity contribution is 0.404. The summed E-state index contributed by atoms with van der Waals surface area (Å²) in [6.07, 6.45) is 0. The van der Waals surface area contributed by atoms with Crippen LogP contribution in [-0.2, 0) is 0 Å². The molecule has 3 heteroatoms. The van der Waals surface area contributed by atoms with Crippen LogP contribution in [0.2, 0.25) is 0 Å². The molecule has 0 aliphatic carbocycles. The summed E-state index contributed by atoms with van der Waals surface area (Å²) >= 11 is 0. The number of hydrogen-bond donors (Lipinski definition) is 2. The lowest BCUT2D eigenvalue weighted by Gasteiger charge is -2.21.